The molecule has 0 radical (unpaired) electrons. The Bertz CT molecular complexity index is 1380. The molecule has 0 fully saturated rings. The minimum atomic E-state index is -0.00299. The van der Waals surface area contributed by atoms with Gasteiger partial charge in [-0.3, -0.25) is 4.79 Å². The molecule has 0 saturated carbocycles. The zero-order chi connectivity index (χ0) is 26.5. The fourth-order valence-corrected chi connectivity index (χ4v) is 5.39. The SMILES string of the molecule is Cc1ccc2c(c1)CN(C)CCC(c1ccccc1)CCCN(C(=O)c1ccc3nc(C)oc3c1)CCO2. The van der Waals surface area contributed by atoms with Crippen LogP contribution in [0.5, 0.6) is 5.75 Å². The number of aromatic nitrogens is 1. The van der Waals surface area contributed by atoms with E-state index in [0.717, 1.165) is 43.6 Å². The van der Waals surface area contributed by atoms with Crippen molar-refractivity contribution in [3.05, 3.63) is 94.9 Å². The summed E-state index contributed by atoms with van der Waals surface area (Å²) in [5.41, 5.74) is 5.81. The van der Waals surface area contributed by atoms with E-state index in [1.165, 1.54) is 16.7 Å². The van der Waals surface area contributed by atoms with Crippen LogP contribution in [0, 0.1) is 13.8 Å². The summed E-state index contributed by atoms with van der Waals surface area (Å²) in [6.07, 6.45) is 3.02. The number of hydrogen-bond donors (Lipinski definition) is 0. The lowest BCUT2D eigenvalue weighted by atomic mass is 9.91. The molecule has 6 heteroatoms. The summed E-state index contributed by atoms with van der Waals surface area (Å²) in [6.45, 7) is 7.40. The topological polar surface area (TPSA) is 58.8 Å². The molecule has 1 aliphatic rings. The van der Waals surface area contributed by atoms with Crippen LogP contribution < -0.4 is 4.74 Å². The van der Waals surface area contributed by atoms with E-state index in [-0.39, 0.29) is 5.91 Å². The second-order valence-electron chi connectivity index (χ2n) is 10.4. The first kappa shape index (κ1) is 26.0. The number of hydrogen-bond acceptors (Lipinski definition) is 5. The maximum absolute atomic E-state index is 13.7. The van der Waals surface area contributed by atoms with Crippen LogP contribution in [0.4, 0.5) is 0 Å². The number of oxazole rings is 1. The monoisotopic (exact) mass is 511 g/mol. The lowest BCUT2D eigenvalue weighted by Crippen LogP contribution is -2.36. The molecule has 198 valence electrons. The third kappa shape index (κ3) is 6.25. The Labute approximate surface area is 225 Å². The van der Waals surface area contributed by atoms with Gasteiger partial charge in [0.15, 0.2) is 11.5 Å². The van der Waals surface area contributed by atoms with Gasteiger partial charge < -0.3 is 19.0 Å². The van der Waals surface area contributed by atoms with E-state index in [0.29, 0.717) is 42.7 Å². The predicted octanol–water partition coefficient (Wildman–Crippen LogP) is 6.37. The molecule has 38 heavy (non-hydrogen) atoms. The normalized spacial score (nSPS) is 18.0. The van der Waals surface area contributed by atoms with Crippen molar-refractivity contribution in [2.75, 3.05) is 33.3 Å². The van der Waals surface area contributed by atoms with E-state index in [1.807, 2.05) is 30.0 Å². The number of nitrogens with zero attached hydrogens (tertiary/aromatic N) is 3. The molecule has 0 N–H and O–H groups in total. The van der Waals surface area contributed by atoms with Crippen LogP contribution in [0.3, 0.4) is 0 Å². The van der Waals surface area contributed by atoms with Crippen LogP contribution in [0.25, 0.3) is 11.1 Å². The van der Waals surface area contributed by atoms with Gasteiger partial charge in [-0.1, -0.05) is 48.0 Å². The first-order valence-corrected chi connectivity index (χ1v) is 13.6. The number of amides is 1. The van der Waals surface area contributed by atoms with Gasteiger partial charge in [0, 0.05) is 31.1 Å². The van der Waals surface area contributed by atoms with Crippen molar-refractivity contribution >= 4 is 17.0 Å². The number of benzene rings is 3. The highest BCUT2D eigenvalue weighted by Gasteiger charge is 2.20. The van der Waals surface area contributed by atoms with Crippen molar-refractivity contribution in [2.24, 2.45) is 0 Å². The van der Waals surface area contributed by atoms with Gasteiger partial charge >= 0.3 is 0 Å². The van der Waals surface area contributed by atoms with Gasteiger partial charge in [-0.15, -0.1) is 0 Å². The molecule has 2 heterocycles. The minimum absolute atomic E-state index is 0.00299. The smallest absolute Gasteiger partial charge is 0.254 e. The fourth-order valence-electron chi connectivity index (χ4n) is 5.39. The Kier molecular flexibility index (Phi) is 8.08. The molecule has 0 aliphatic carbocycles. The quantitative estimate of drug-likeness (QED) is 0.313. The number of ether oxygens (including phenoxy) is 1. The zero-order valence-electron chi connectivity index (χ0n) is 22.7. The molecule has 1 amide bonds. The summed E-state index contributed by atoms with van der Waals surface area (Å²) in [5, 5.41) is 0. The first-order valence-electron chi connectivity index (χ1n) is 13.6. The van der Waals surface area contributed by atoms with Gasteiger partial charge in [-0.25, -0.2) is 4.98 Å². The van der Waals surface area contributed by atoms with Gasteiger partial charge in [-0.05, 0) is 75.5 Å². The number of carbonyl (C=O) groups is 1. The molecular formula is C32H37N3O3. The largest absolute Gasteiger partial charge is 0.491 e. The first-order chi connectivity index (χ1) is 18.5. The number of fused-ring (bicyclic) bond motifs is 2. The predicted molar refractivity (Wildman–Crippen MR) is 151 cm³/mol. The highest BCUT2D eigenvalue weighted by atomic mass is 16.5. The molecule has 1 aliphatic heterocycles. The molecule has 1 aromatic heterocycles. The Morgan fingerprint density at radius 2 is 1.79 bits per heavy atom. The van der Waals surface area contributed by atoms with Crippen LogP contribution in [0.2, 0.25) is 0 Å². The lowest BCUT2D eigenvalue weighted by molar-refractivity contribution is 0.0724. The summed E-state index contributed by atoms with van der Waals surface area (Å²) in [5.74, 6) is 1.94. The Morgan fingerprint density at radius 1 is 0.947 bits per heavy atom. The van der Waals surface area contributed by atoms with E-state index in [2.05, 4.69) is 72.4 Å². The Morgan fingerprint density at radius 3 is 2.63 bits per heavy atom. The second kappa shape index (κ2) is 11.8. The molecule has 3 aromatic carbocycles. The van der Waals surface area contributed by atoms with Crippen molar-refractivity contribution in [2.45, 2.75) is 45.6 Å². The van der Waals surface area contributed by atoms with Gasteiger partial charge in [0.2, 0.25) is 0 Å². The number of aryl methyl sites for hydroxylation is 2. The highest BCUT2D eigenvalue weighted by Crippen LogP contribution is 2.28. The maximum atomic E-state index is 13.7. The summed E-state index contributed by atoms with van der Waals surface area (Å²) < 4.78 is 12.0. The summed E-state index contributed by atoms with van der Waals surface area (Å²) in [4.78, 5) is 22.4. The fraction of sp³-hybridized carbons (Fsp3) is 0.375. The molecule has 4 aromatic rings. The van der Waals surface area contributed by atoms with E-state index in [4.69, 9.17) is 9.15 Å². The summed E-state index contributed by atoms with van der Waals surface area (Å²) in [6, 6.07) is 22.7. The zero-order valence-corrected chi connectivity index (χ0v) is 22.7. The van der Waals surface area contributed by atoms with E-state index >= 15 is 0 Å². The molecule has 0 spiro atoms. The molecular weight excluding hydrogens is 474 g/mol. The van der Waals surface area contributed by atoms with Crippen LogP contribution >= 0.6 is 0 Å². The number of rotatable bonds is 2. The number of carbonyl (C=O) groups excluding carboxylic acids is 1. The third-order valence-corrected chi connectivity index (χ3v) is 7.42. The summed E-state index contributed by atoms with van der Waals surface area (Å²) >= 11 is 0. The highest BCUT2D eigenvalue weighted by molar-refractivity contribution is 5.97. The third-order valence-electron chi connectivity index (χ3n) is 7.42. The minimum Gasteiger partial charge on any atom is -0.491 e. The van der Waals surface area contributed by atoms with Gasteiger partial charge in [0.05, 0.1) is 6.54 Å². The average molecular weight is 512 g/mol. The average Bonchev–Trinajstić information content (AvgIpc) is 3.29. The van der Waals surface area contributed by atoms with Gasteiger partial charge in [0.25, 0.3) is 5.91 Å². The van der Waals surface area contributed by atoms with Crippen LogP contribution in [-0.4, -0.2) is 54.0 Å². The van der Waals surface area contributed by atoms with Crippen LogP contribution in [-0.2, 0) is 6.54 Å². The van der Waals surface area contributed by atoms with Crippen molar-refractivity contribution < 1.29 is 13.9 Å². The Hall–Kier alpha value is -3.64. The molecule has 5 rings (SSSR count). The standard InChI is InChI=1S/C32H37N3O3/c1-23-11-14-30-28(20-23)22-34(3)17-15-26(25-8-5-4-6-9-25)10-7-16-35(18-19-37-30)32(36)27-12-13-29-31(21-27)38-24(2)33-29/h4-6,8-9,11-14,20-21,26H,7,10,15-19,22H2,1-3H3. The Balaban J connectivity index is 1.40. The molecule has 1 atom stereocenters. The van der Waals surface area contributed by atoms with Crippen molar-refractivity contribution in [1.29, 1.82) is 0 Å². The molecule has 0 bridgehead atoms. The summed E-state index contributed by atoms with van der Waals surface area (Å²) in [7, 11) is 2.19. The van der Waals surface area contributed by atoms with Crippen LogP contribution in [0.15, 0.2) is 71.1 Å². The van der Waals surface area contributed by atoms with E-state index in [9.17, 15) is 4.79 Å². The molecule has 0 saturated heterocycles. The van der Waals surface area contributed by atoms with E-state index < -0.39 is 0 Å². The van der Waals surface area contributed by atoms with E-state index in [1.54, 1.807) is 0 Å². The van der Waals surface area contributed by atoms with Crippen LogP contribution in [0.1, 0.15) is 58.1 Å². The maximum Gasteiger partial charge on any atom is 0.254 e. The molecule has 6 nitrogen and oxygen atoms in total. The van der Waals surface area contributed by atoms with Crippen molar-refractivity contribution in [3.63, 3.8) is 0 Å². The van der Waals surface area contributed by atoms with Gasteiger partial charge in [0.1, 0.15) is 17.9 Å². The molecule has 1 unspecified atom stereocenters. The van der Waals surface area contributed by atoms with Crippen molar-refractivity contribution in [1.82, 2.24) is 14.8 Å². The van der Waals surface area contributed by atoms with Gasteiger partial charge in [-0.2, -0.15) is 0 Å². The van der Waals surface area contributed by atoms with Crippen molar-refractivity contribution in [3.8, 4) is 5.75 Å². The second-order valence-corrected chi connectivity index (χ2v) is 10.4. The lowest BCUT2D eigenvalue weighted by Gasteiger charge is -2.27.